The number of nitrogens with zero attached hydrogens (tertiary/aromatic N) is 3. The highest BCUT2D eigenvalue weighted by Gasteiger charge is 2.15. The molecule has 1 heterocycles. The van der Waals surface area contributed by atoms with Gasteiger partial charge < -0.3 is 10.5 Å². The van der Waals surface area contributed by atoms with Crippen LogP contribution >= 0.6 is 12.2 Å². The lowest BCUT2D eigenvalue weighted by atomic mass is 10.3. The fourth-order valence-electron chi connectivity index (χ4n) is 1.77. The van der Waals surface area contributed by atoms with Crippen LogP contribution in [0.2, 0.25) is 0 Å². The number of thiocarbonyl (C=S) groups is 1. The lowest BCUT2D eigenvalue weighted by molar-refractivity contribution is 0.383. The topological polar surface area (TPSA) is 77.5 Å². The van der Waals surface area contributed by atoms with Crippen LogP contribution in [0, 0.1) is 6.92 Å². The van der Waals surface area contributed by atoms with Crippen molar-refractivity contribution in [2.75, 3.05) is 7.11 Å². The van der Waals surface area contributed by atoms with Crippen LogP contribution in [0.15, 0.2) is 35.4 Å². The minimum Gasteiger partial charge on any atom is -0.480 e. The molecule has 0 amide bonds. The van der Waals surface area contributed by atoms with E-state index in [0.717, 1.165) is 16.9 Å². The zero-order valence-electron chi connectivity index (χ0n) is 11.2. The van der Waals surface area contributed by atoms with Gasteiger partial charge in [0.25, 0.3) is 0 Å². The van der Waals surface area contributed by atoms with Crippen LogP contribution in [0.4, 0.5) is 0 Å². The molecule has 0 saturated heterocycles. The van der Waals surface area contributed by atoms with E-state index in [0.29, 0.717) is 5.88 Å². The largest absolute Gasteiger partial charge is 0.480 e. The Balaban J connectivity index is 2.42. The minimum absolute atomic E-state index is 0.105. The van der Waals surface area contributed by atoms with E-state index < -0.39 is 0 Å². The van der Waals surface area contributed by atoms with E-state index >= 15 is 0 Å². The average Bonchev–Trinajstić information content (AvgIpc) is 2.76. The molecular formula is C13H15N5OS. The predicted octanol–water partition coefficient (Wildman–Crippen LogP) is 1.36. The molecule has 104 valence electrons. The van der Waals surface area contributed by atoms with E-state index in [4.69, 9.17) is 10.5 Å². The number of hydrogen-bond acceptors (Lipinski definition) is 4. The quantitative estimate of drug-likeness (QED) is 0.505. The zero-order chi connectivity index (χ0) is 14.5. The van der Waals surface area contributed by atoms with Crippen molar-refractivity contribution in [2.45, 2.75) is 6.92 Å². The molecule has 2 rings (SSSR count). The number of benzene rings is 1. The number of hydrogen-bond donors (Lipinski definition) is 2. The van der Waals surface area contributed by atoms with Crippen LogP contribution in [0.5, 0.6) is 5.88 Å². The molecule has 0 unspecified atom stereocenters. The van der Waals surface area contributed by atoms with Gasteiger partial charge in [-0.1, -0.05) is 18.2 Å². The molecule has 0 spiro atoms. The molecule has 6 nitrogen and oxygen atoms in total. The number of ether oxygens (including phenoxy) is 1. The van der Waals surface area contributed by atoms with Crippen molar-refractivity contribution in [1.29, 1.82) is 0 Å². The molecule has 0 bridgehead atoms. The number of nitrogens with one attached hydrogen (secondary N) is 1. The van der Waals surface area contributed by atoms with Gasteiger partial charge in [0.2, 0.25) is 5.88 Å². The maximum Gasteiger partial charge on any atom is 0.225 e. The van der Waals surface area contributed by atoms with E-state index in [-0.39, 0.29) is 5.11 Å². The molecule has 0 saturated carbocycles. The number of para-hydroxylation sites is 1. The van der Waals surface area contributed by atoms with Crippen molar-refractivity contribution >= 4 is 23.5 Å². The lowest BCUT2D eigenvalue weighted by Gasteiger charge is -2.06. The maximum atomic E-state index is 5.43. The van der Waals surface area contributed by atoms with Crippen LogP contribution < -0.4 is 15.9 Å². The van der Waals surface area contributed by atoms with E-state index in [1.807, 2.05) is 37.3 Å². The molecule has 0 atom stereocenters. The van der Waals surface area contributed by atoms with Gasteiger partial charge in [0.1, 0.15) is 0 Å². The second kappa shape index (κ2) is 6.16. The normalized spacial score (nSPS) is 10.7. The van der Waals surface area contributed by atoms with E-state index in [1.165, 1.54) is 0 Å². The standard InChI is InChI=1S/C13H15N5OS/c1-9-11(8-15-16-13(14)20)12(19-2)18(17-9)10-6-4-3-5-7-10/h3-8H,1-2H3,(H3,14,16,20). The van der Waals surface area contributed by atoms with Crippen LogP contribution in [-0.2, 0) is 0 Å². The van der Waals surface area contributed by atoms with Crippen LogP contribution in [0.25, 0.3) is 5.69 Å². The van der Waals surface area contributed by atoms with Crippen molar-refractivity contribution in [2.24, 2.45) is 10.8 Å². The summed E-state index contributed by atoms with van der Waals surface area (Å²) in [7, 11) is 1.59. The minimum atomic E-state index is 0.105. The van der Waals surface area contributed by atoms with Crippen LogP contribution in [0.1, 0.15) is 11.3 Å². The summed E-state index contributed by atoms with van der Waals surface area (Å²) in [6.45, 7) is 1.88. The van der Waals surface area contributed by atoms with Gasteiger partial charge in [-0.25, -0.2) is 4.68 Å². The van der Waals surface area contributed by atoms with Gasteiger partial charge in [-0.15, -0.1) is 0 Å². The van der Waals surface area contributed by atoms with E-state index in [9.17, 15) is 0 Å². The third-order valence-corrected chi connectivity index (χ3v) is 2.72. The van der Waals surface area contributed by atoms with Crippen molar-refractivity contribution in [3.63, 3.8) is 0 Å². The number of aromatic nitrogens is 2. The van der Waals surface area contributed by atoms with Crippen molar-refractivity contribution in [1.82, 2.24) is 15.2 Å². The fourth-order valence-corrected chi connectivity index (χ4v) is 1.82. The summed E-state index contributed by atoms with van der Waals surface area (Å²) in [5.41, 5.74) is 10.3. The van der Waals surface area contributed by atoms with Crippen LogP contribution in [-0.4, -0.2) is 28.2 Å². The first kappa shape index (κ1) is 14.0. The van der Waals surface area contributed by atoms with Gasteiger partial charge in [-0.3, -0.25) is 5.43 Å². The Hall–Kier alpha value is -2.41. The first-order valence-electron chi connectivity index (χ1n) is 5.91. The van der Waals surface area contributed by atoms with Gasteiger partial charge in [0.05, 0.1) is 30.3 Å². The number of methoxy groups -OCH3 is 1. The number of hydrazone groups is 1. The SMILES string of the molecule is COc1c(C=NNC(N)=S)c(C)nn1-c1ccccc1. The second-order valence-electron chi connectivity index (χ2n) is 3.99. The first-order chi connectivity index (χ1) is 9.63. The van der Waals surface area contributed by atoms with E-state index in [1.54, 1.807) is 18.0 Å². The number of aryl methyl sites for hydroxylation is 1. The van der Waals surface area contributed by atoms with E-state index in [2.05, 4.69) is 27.8 Å². The Morgan fingerprint density at radius 1 is 1.45 bits per heavy atom. The molecule has 0 aliphatic rings. The van der Waals surface area contributed by atoms with Crippen LogP contribution in [0.3, 0.4) is 0 Å². The predicted molar refractivity (Wildman–Crippen MR) is 82.4 cm³/mol. The molecule has 1 aromatic carbocycles. The zero-order valence-corrected chi connectivity index (χ0v) is 12.0. The third kappa shape index (κ3) is 2.94. The Kier molecular flexibility index (Phi) is 4.31. The second-order valence-corrected chi connectivity index (χ2v) is 4.43. The molecule has 3 N–H and O–H groups in total. The highest BCUT2D eigenvalue weighted by atomic mass is 32.1. The molecule has 0 aliphatic carbocycles. The summed E-state index contributed by atoms with van der Waals surface area (Å²) < 4.78 is 7.15. The average molecular weight is 289 g/mol. The fraction of sp³-hybridized carbons (Fsp3) is 0.154. The van der Waals surface area contributed by atoms with Crippen molar-refractivity contribution < 1.29 is 4.74 Å². The van der Waals surface area contributed by atoms with Gasteiger partial charge >= 0.3 is 0 Å². The Labute approximate surface area is 122 Å². The number of rotatable bonds is 4. The molecule has 7 heteroatoms. The molecule has 2 aromatic rings. The molecule has 1 aromatic heterocycles. The first-order valence-corrected chi connectivity index (χ1v) is 6.32. The Bertz CT molecular complexity index is 636. The summed E-state index contributed by atoms with van der Waals surface area (Å²) in [4.78, 5) is 0. The summed E-state index contributed by atoms with van der Waals surface area (Å²) in [5, 5.41) is 8.51. The smallest absolute Gasteiger partial charge is 0.225 e. The lowest BCUT2D eigenvalue weighted by Crippen LogP contribution is -2.24. The third-order valence-electron chi connectivity index (χ3n) is 2.63. The number of nitrogens with two attached hydrogens (primary N) is 1. The summed E-state index contributed by atoms with van der Waals surface area (Å²) in [6, 6.07) is 9.72. The van der Waals surface area contributed by atoms with Gasteiger partial charge in [-0.2, -0.15) is 10.2 Å². The molecular weight excluding hydrogens is 274 g/mol. The molecule has 20 heavy (non-hydrogen) atoms. The highest BCUT2D eigenvalue weighted by molar-refractivity contribution is 7.80. The van der Waals surface area contributed by atoms with Gasteiger partial charge in [0, 0.05) is 0 Å². The van der Waals surface area contributed by atoms with Gasteiger partial charge in [0.15, 0.2) is 5.11 Å². The Morgan fingerprint density at radius 2 is 2.15 bits per heavy atom. The molecule has 0 radical (unpaired) electrons. The summed E-state index contributed by atoms with van der Waals surface area (Å²) >= 11 is 4.69. The highest BCUT2D eigenvalue weighted by Crippen LogP contribution is 2.23. The maximum absolute atomic E-state index is 5.43. The van der Waals surface area contributed by atoms with Gasteiger partial charge in [-0.05, 0) is 31.3 Å². The van der Waals surface area contributed by atoms with Crippen molar-refractivity contribution in [3.05, 3.63) is 41.6 Å². The summed E-state index contributed by atoms with van der Waals surface area (Å²) in [5.74, 6) is 0.599. The summed E-state index contributed by atoms with van der Waals surface area (Å²) in [6.07, 6.45) is 1.58. The molecule has 0 fully saturated rings. The monoisotopic (exact) mass is 289 g/mol. The molecule has 0 aliphatic heterocycles. The van der Waals surface area contributed by atoms with Crippen molar-refractivity contribution in [3.8, 4) is 11.6 Å². The Morgan fingerprint density at radius 3 is 2.75 bits per heavy atom.